The minimum absolute atomic E-state index is 0.000240. The molecule has 8 heteroatoms. The first-order valence-corrected chi connectivity index (χ1v) is 6.17. The summed E-state index contributed by atoms with van der Waals surface area (Å²) in [7, 11) is 0. The van der Waals surface area contributed by atoms with Gasteiger partial charge in [0.25, 0.3) is 0 Å². The summed E-state index contributed by atoms with van der Waals surface area (Å²) in [6.07, 6.45) is -4.55. The summed E-state index contributed by atoms with van der Waals surface area (Å²) >= 11 is 5.65. The van der Waals surface area contributed by atoms with Gasteiger partial charge in [-0.05, 0) is 24.1 Å². The van der Waals surface area contributed by atoms with E-state index in [0.29, 0.717) is 5.69 Å². The van der Waals surface area contributed by atoms with E-state index in [1.54, 1.807) is 13.8 Å². The number of halogens is 4. The van der Waals surface area contributed by atoms with Crippen LogP contribution < -0.4 is 5.73 Å². The maximum absolute atomic E-state index is 13.1. The van der Waals surface area contributed by atoms with Crippen molar-refractivity contribution in [2.45, 2.75) is 25.9 Å². The smallest absolute Gasteiger partial charge is 0.381 e. The summed E-state index contributed by atoms with van der Waals surface area (Å²) in [6.45, 7) is 3.60. The Bertz CT molecular complexity index is 634. The van der Waals surface area contributed by atoms with E-state index in [-0.39, 0.29) is 22.4 Å². The largest absolute Gasteiger partial charge is 0.418 e. The highest BCUT2D eigenvalue weighted by Crippen LogP contribution is 2.36. The number of anilines is 1. The van der Waals surface area contributed by atoms with Crippen LogP contribution in [0.2, 0.25) is 5.02 Å². The highest BCUT2D eigenvalue weighted by atomic mass is 35.5. The second kappa shape index (κ2) is 4.97. The predicted molar refractivity (Wildman–Crippen MR) is 69.9 cm³/mol. The first kappa shape index (κ1) is 14.6. The fraction of sp³-hybridized carbons (Fsp3) is 0.333. The van der Waals surface area contributed by atoms with Gasteiger partial charge in [-0.3, -0.25) is 0 Å². The first-order valence-electron chi connectivity index (χ1n) is 5.80. The Morgan fingerprint density at radius 2 is 1.95 bits per heavy atom. The monoisotopic (exact) mass is 304 g/mol. The van der Waals surface area contributed by atoms with Crippen molar-refractivity contribution in [3.05, 3.63) is 34.5 Å². The molecule has 2 aromatic rings. The summed E-state index contributed by atoms with van der Waals surface area (Å²) in [4.78, 5) is 0. The fourth-order valence-corrected chi connectivity index (χ4v) is 2.11. The molecule has 0 saturated carbocycles. The summed E-state index contributed by atoms with van der Waals surface area (Å²) < 4.78 is 40.4. The maximum Gasteiger partial charge on any atom is 0.418 e. The zero-order valence-corrected chi connectivity index (χ0v) is 11.5. The Hall–Kier alpha value is -1.76. The third kappa shape index (κ3) is 2.58. The van der Waals surface area contributed by atoms with Crippen LogP contribution in [0.4, 0.5) is 19.0 Å². The molecule has 0 saturated heterocycles. The van der Waals surface area contributed by atoms with Crippen molar-refractivity contribution in [1.82, 2.24) is 15.0 Å². The van der Waals surface area contributed by atoms with E-state index < -0.39 is 11.7 Å². The van der Waals surface area contributed by atoms with Crippen LogP contribution in [0.1, 0.15) is 31.0 Å². The van der Waals surface area contributed by atoms with Gasteiger partial charge in [0.15, 0.2) is 5.82 Å². The molecule has 2 rings (SSSR count). The molecule has 0 bridgehead atoms. The molecule has 0 radical (unpaired) electrons. The fourth-order valence-electron chi connectivity index (χ4n) is 1.94. The number of aromatic nitrogens is 3. The van der Waals surface area contributed by atoms with Crippen molar-refractivity contribution in [1.29, 1.82) is 0 Å². The lowest BCUT2D eigenvalue weighted by atomic mass is 10.1. The average molecular weight is 305 g/mol. The molecule has 0 spiro atoms. The molecule has 1 heterocycles. The van der Waals surface area contributed by atoms with Gasteiger partial charge in [-0.1, -0.05) is 30.7 Å². The third-order valence-corrected chi connectivity index (χ3v) is 3.01. The lowest BCUT2D eigenvalue weighted by Gasteiger charge is -2.15. The van der Waals surface area contributed by atoms with Crippen molar-refractivity contribution >= 4 is 17.4 Å². The van der Waals surface area contributed by atoms with Crippen molar-refractivity contribution in [2.75, 3.05) is 5.73 Å². The van der Waals surface area contributed by atoms with Crippen LogP contribution in [-0.2, 0) is 6.18 Å². The quantitative estimate of drug-likeness (QED) is 0.921. The Kier molecular flexibility index (Phi) is 3.64. The molecule has 108 valence electrons. The number of hydrogen-bond donors (Lipinski definition) is 1. The van der Waals surface area contributed by atoms with Crippen LogP contribution in [0.25, 0.3) is 5.69 Å². The number of nitrogens with two attached hydrogens (primary N) is 1. The van der Waals surface area contributed by atoms with Crippen molar-refractivity contribution < 1.29 is 13.2 Å². The van der Waals surface area contributed by atoms with E-state index in [2.05, 4.69) is 10.3 Å². The first-order chi connectivity index (χ1) is 9.21. The third-order valence-electron chi connectivity index (χ3n) is 2.77. The molecule has 1 aromatic carbocycles. The Balaban J connectivity index is 2.71. The Morgan fingerprint density at radius 3 is 2.50 bits per heavy atom. The van der Waals surface area contributed by atoms with Crippen LogP contribution in [0.3, 0.4) is 0 Å². The van der Waals surface area contributed by atoms with Gasteiger partial charge >= 0.3 is 6.18 Å². The SMILES string of the molecule is CC(C)c1c(N)nnn1-c1ccc(Cl)cc1C(F)(F)F. The second-order valence-corrected chi connectivity index (χ2v) is 5.02. The van der Waals surface area contributed by atoms with Gasteiger partial charge in [-0.25, -0.2) is 4.68 Å². The van der Waals surface area contributed by atoms with Gasteiger partial charge in [0.1, 0.15) is 0 Å². The van der Waals surface area contributed by atoms with Gasteiger partial charge in [0.05, 0.1) is 16.9 Å². The molecule has 0 atom stereocenters. The van der Waals surface area contributed by atoms with E-state index in [1.165, 1.54) is 12.1 Å². The molecule has 0 unspecified atom stereocenters. The van der Waals surface area contributed by atoms with Crippen LogP contribution in [0.15, 0.2) is 18.2 Å². The summed E-state index contributed by atoms with van der Waals surface area (Å²) in [5.74, 6) is -0.00941. The van der Waals surface area contributed by atoms with E-state index >= 15 is 0 Å². The Labute approximate surface area is 118 Å². The molecular weight excluding hydrogens is 293 g/mol. The van der Waals surface area contributed by atoms with Crippen LogP contribution >= 0.6 is 11.6 Å². The molecule has 0 aliphatic heterocycles. The van der Waals surface area contributed by atoms with E-state index in [4.69, 9.17) is 17.3 Å². The minimum Gasteiger partial charge on any atom is -0.381 e. The second-order valence-electron chi connectivity index (χ2n) is 4.59. The van der Waals surface area contributed by atoms with Crippen LogP contribution in [-0.4, -0.2) is 15.0 Å². The van der Waals surface area contributed by atoms with E-state index in [0.717, 1.165) is 10.7 Å². The van der Waals surface area contributed by atoms with Gasteiger partial charge < -0.3 is 5.73 Å². The van der Waals surface area contributed by atoms with Crippen molar-refractivity contribution in [3.63, 3.8) is 0 Å². The molecule has 0 aliphatic rings. The summed E-state index contributed by atoms with van der Waals surface area (Å²) in [5.41, 5.74) is 5.07. The molecule has 4 nitrogen and oxygen atoms in total. The number of benzene rings is 1. The molecule has 20 heavy (non-hydrogen) atoms. The summed E-state index contributed by atoms with van der Waals surface area (Å²) in [5, 5.41) is 7.36. The lowest BCUT2D eigenvalue weighted by Crippen LogP contribution is -2.14. The minimum atomic E-state index is -4.55. The predicted octanol–water partition coefficient (Wildman–Crippen LogP) is 3.65. The van der Waals surface area contributed by atoms with Gasteiger partial charge in [-0.2, -0.15) is 13.2 Å². The van der Waals surface area contributed by atoms with Crippen molar-refractivity contribution in [2.24, 2.45) is 0 Å². The molecule has 1 aromatic heterocycles. The number of rotatable bonds is 2. The maximum atomic E-state index is 13.1. The van der Waals surface area contributed by atoms with Crippen LogP contribution in [0.5, 0.6) is 0 Å². The average Bonchev–Trinajstić information content (AvgIpc) is 2.70. The molecule has 0 fully saturated rings. The normalized spacial score (nSPS) is 12.2. The highest BCUT2D eigenvalue weighted by Gasteiger charge is 2.35. The number of nitrogen functional groups attached to an aromatic ring is 1. The van der Waals surface area contributed by atoms with E-state index in [9.17, 15) is 13.2 Å². The Morgan fingerprint density at radius 1 is 1.30 bits per heavy atom. The number of hydrogen-bond acceptors (Lipinski definition) is 3. The van der Waals surface area contributed by atoms with Gasteiger partial charge in [0, 0.05) is 5.02 Å². The number of alkyl halides is 3. The standard InChI is InChI=1S/C12H12ClF3N4/c1-6(2)10-11(17)18-19-20(10)9-4-3-7(13)5-8(9)12(14,15)16/h3-6H,17H2,1-2H3. The molecule has 0 aliphatic carbocycles. The van der Waals surface area contributed by atoms with E-state index in [1.807, 2.05) is 0 Å². The zero-order valence-electron chi connectivity index (χ0n) is 10.7. The molecular formula is C12H12ClF3N4. The topological polar surface area (TPSA) is 56.7 Å². The summed E-state index contributed by atoms with van der Waals surface area (Å²) in [6, 6.07) is 3.48. The zero-order chi connectivity index (χ0) is 15.1. The van der Waals surface area contributed by atoms with Crippen molar-refractivity contribution in [3.8, 4) is 5.69 Å². The van der Waals surface area contributed by atoms with Crippen LogP contribution in [0, 0.1) is 0 Å². The number of nitrogens with zero attached hydrogens (tertiary/aromatic N) is 3. The highest BCUT2D eigenvalue weighted by molar-refractivity contribution is 6.30. The van der Waals surface area contributed by atoms with Gasteiger partial charge in [0.2, 0.25) is 0 Å². The molecule has 0 amide bonds. The molecule has 2 N–H and O–H groups in total. The van der Waals surface area contributed by atoms with Gasteiger partial charge in [-0.15, -0.1) is 5.10 Å². The lowest BCUT2D eigenvalue weighted by molar-refractivity contribution is -0.137.